The van der Waals surface area contributed by atoms with Crippen molar-refractivity contribution in [1.29, 1.82) is 0 Å². The molecule has 1 atom stereocenters. The molecule has 0 aliphatic heterocycles. The maximum Gasteiger partial charge on any atom is 0.413 e. The number of nitrogens with one attached hydrogen (secondary N) is 1. The largest absolute Gasteiger partial charge is 0.444 e. The molecule has 2 aliphatic rings. The fourth-order valence-corrected chi connectivity index (χ4v) is 1.75. The summed E-state index contributed by atoms with van der Waals surface area (Å²) < 4.78 is 5.24. The summed E-state index contributed by atoms with van der Waals surface area (Å²) in [6, 6.07) is 0.0663. The molecule has 2 saturated carbocycles. The van der Waals surface area contributed by atoms with Crippen LogP contribution in [0, 0.1) is 0 Å². The summed E-state index contributed by atoms with van der Waals surface area (Å²) in [7, 11) is 0. The Balaban J connectivity index is 1.97. The molecule has 6 heteroatoms. The monoisotopic (exact) mass is 270 g/mol. The SMILES string of the molecule is CC(C)(C)OC(=O)N(C1CC1)C(O)C(=O)NC1CC1. The number of hydrogen-bond donors (Lipinski definition) is 2. The summed E-state index contributed by atoms with van der Waals surface area (Å²) in [5.41, 5.74) is -0.642. The number of carbonyl (C=O) groups excluding carboxylic acids is 2. The van der Waals surface area contributed by atoms with E-state index < -0.39 is 23.8 Å². The van der Waals surface area contributed by atoms with Crippen molar-refractivity contribution in [2.45, 2.75) is 70.4 Å². The van der Waals surface area contributed by atoms with Crippen LogP contribution in [0.25, 0.3) is 0 Å². The highest BCUT2D eigenvalue weighted by molar-refractivity contribution is 5.85. The number of nitrogens with zero attached hydrogens (tertiary/aromatic N) is 1. The van der Waals surface area contributed by atoms with Crippen LogP contribution in [0.2, 0.25) is 0 Å². The van der Waals surface area contributed by atoms with Gasteiger partial charge in [0.25, 0.3) is 5.91 Å². The molecule has 0 bridgehead atoms. The van der Waals surface area contributed by atoms with E-state index in [9.17, 15) is 14.7 Å². The molecule has 2 fully saturated rings. The zero-order valence-corrected chi connectivity index (χ0v) is 11.7. The third kappa shape index (κ3) is 4.09. The van der Waals surface area contributed by atoms with Gasteiger partial charge < -0.3 is 15.2 Å². The van der Waals surface area contributed by atoms with Crippen molar-refractivity contribution in [2.24, 2.45) is 0 Å². The van der Waals surface area contributed by atoms with E-state index in [0.29, 0.717) is 0 Å². The minimum absolute atomic E-state index is 0.0881. The van der Waals surface area contributed by atoms with Gasteiger partial charge in [0, 0.05) is 12.1 Å². The Hall–Kier alpha value is -1.30. The van der Waals surface area contributed by atoms with E-state index in [-0.39, 0.29) is 12.1 Å². The van der Waals surface area contributed by atoms with Gasteiger partial charge in [0.2, 0.25) is 6.23 Å². The summed E-state index contributed by atoms with van der Waals surface area (Å²) in [4.78, 5) is 25.0. The van der Waals surface area contributed by atoms with Gasteiger partial charge in [0.05, 0.1) is 0 Å². The molecule has 19 heavy (non-hydrogen) atoms. The number of carbonyl (C=O) groups is 2. The first-order valence-electron chi connectivity index (χ1n) is 6.78. The molecule has 108 valence electrons. The van der Waals surface area contributed by atoms with Gasteiger partial charge in [-0.1, -0.05) is 0 Å². The third-order valence-corrected chi connectivity index (χ3v) is 2.97. The number of aliphatic hydroxyl groups is 1. The molecule has 0 aromatic carbocycles. The quantitative estimate of drug-likeness (QED) is 0.746. The van der Waals surface area contributed by atoms with Gasteiger partial charge in [0.1, 0.15) is 5.60 Å². The average Bonchev–Trinajstić information content (AvgIpc) is 3.08. The van der Waals surface area contributed by atoms with Crippen molar-refractivity contribution in [3.63, 3.8) is 0 Å². The summed E-state index contributed by atoms with van der Waals surface area (Å²) in [5.74, 6) is -0.514. The Bertz CT molecular complexity index is 369. The maximum atomic E-state index is 12.1. The van der Waals surface area contributed by atoms with Gasteiger partial charge in [-0.3, -0.25) is 9.69 Å². The standard InChI is InChI=1S/C13H22N2O4/c1-13(2,3)19-12(18)15(9-6-7-9)11(17)10(16)14-8-4-5-8/h8-9,11,17H,4-7H2,1-3H3,(H,14,16). The van der Waals surface area contributed by atoms with Gasteiger partial charge >= 0.3 is 6.09 Å². The first-order valence-corrected chi connectivity index (χ1v) is 6.78. The fraction of sp³-hybridized carbons (Fsp3) is 0.846. The molecule has 2 amide bonds. The van der Waals surface area contributed by atoms with Crippen molar-refractivity contribution >= 4 is 12.0 Å². The molecule has 1 unspecified atom stereocenters. The van der Waals surface area contributed by atoms with Gasteiger partial charge in [0.15, 0.2) is 0 Å². The normalized spacial score (nSPS) is 20.6. The van der Waals surface area contributed by atoms with Crippen LogP contribution < -0.4 is 5.32 Å². The summed E-state index contributed by atoms with van der Waals surface area (Å²) in [5, 5.41) is 12.7. The van der Waals surface area contributed by atoms with Crippen LogP contribution in [0.15, 0.2) is 0 Å². The van der Waals surface area contributed by atoms with Crippen molar-refractivity contribution in [3.05, 3.63) is 0 Å². The first kappa shape index (κ1) is 14.1. The minimum atomic E-state index is -1.46. The Morgan fingerprint density at radius 1 is 1.26 bits per heavy atom. The molecular weight excluding hydrogens is 248 g/mol. The third-order valence-electron chi connectivity index (χ3n) is 2.97. The zero-order chi connectivity index (χ0) is 14.2. The van der Waals surface area contributed by atoms with Crippen LogP contribution in [0.1, 0.15) is 46.5 Å². The van der Waals surface area contributed by atoms with Crippen molar-refractivity contribution in [2.75, 3.05) is 0 Å². The summed E-state index contributed by atoms with van der Waals surface area (Å²) in [6.45, 7) is 5.27. The maximum absolute atomic E-state index is 12.1. The van der Waals surface area contributed by atoms with E-state index >= 15 is 0 Å². The molecule has 0 radical (unpaired) electrons. The number of ether oxygens (including phenoxy) is 1. The van der Waals surface area contributed by atoms with Gasteiger partial charge in [-0.2, -0.15) is 0 Å². The minimum Gasteiger partial charge on any atom is -0.444 e. The molecule has 2 aliphatic carbocycles. The van der Waals surface area contributed by atoms with E-state index in [2.05, 4.69) is 5.32 Å². The molecule has 0 spiro atoms. The highest BCUT2D eigenvalue weighted by Gasteiger charge is 2.42. The second-order valence-corrected chi connectivity index (χ2v) is 6.28. The van der Waals surface area contributed by atoms with E-state index in [1.54, 1.807) is 20.8 Å². The molecule has 2 N–H and O–H groups in total. The zero-order valence-electron chi connectivity index (χ0n) is 11.7. The number of rotatable bonds is 4. The Kier molecular flexibility index (Phi) is 3.71. The Labute approximate surface area is 113 Å². The summed E-state index contributed by atoms with van der Waals surface area (Å²) >= 11 is 0. The fourth-order valence-electron chi connectivity index (χ4n) is 1.75. The van der Waals surface area contributed by atoms with Crippen LogP contribution in [0.5, 0.6) is 0 Å². The number of amides is 2. The average molecular weight is 270 g/mol. The smallest absolute Gasteiger partial charge is 0.413 e. The summed E-state index contributed by atoms with van der Waals surface area (Å²) in [6.07, 6.45) is 1.39. The highest BCUT2D eigenvalue weighted by Crippen LogP contribution is 2.30. The van der Waals surface area contributed by atoms with Crippen LogP contribution >= 0.6 is 0 Å². The van der Waals surface area contributed by atoms with Crippen molar-refractivity contribution in [1.82, 2.24) is 10.2 Å². The molecule has 2 rings (SSSR count). The lowest BCUT2D eigenvalue weighted by molar-refractivity contribution is -0.139. The molecule has 0 saturated heterocycles. The lowest BCUT2D eigenvalue weighted by Gasteiger charge is -2.30. The van der Waals surface area contributed by atoms with Gasteiger partial charge in [-0.15, -0.1) is 0 Å². The molecule has 6 nitrogen and oxygen atoms in total. The van der Waals surface area contributed by atoms with E-state index in [0.717, 1.165) is 30.6 Å². The molecule has 0 heterocycles. The highest BCUT2D eigenvalue weighted by atomic mass is 16.6. The van der Waals surface area contributed by atoms with Crippen molar-refractivity contribution < 1.29 is 19.4 Å². The number of hydrogen-bond acceptors (Lipinski definition) is 4. The van der Waals surface area contributed by atoms with Gasteiger partial charge in [-0.05, 0) is 46.5 Å². The lowest BCUT2D eigenvalue weighted by Crippen LogP contribution is -2.52. The van der Waals surface area contributed by atoms with E-state index in [1.165, 1.54) is 0 Å². The first-order chi connectivity index (χ1) is 8.78. The van der Waals surface area contributed by atoms with Crippen LogP contribution in [-0.2, 0) is 9.53 Å². The van der Waals surface area contributed by atoms with Crippen molar-refractivity contribution in [3.8, 4) is 0 Å². The Morgan fingerprint density at radius 2 is 1.84 bits per heavy atom. The molecular formula is C13H22N2O4. The van der Waals surface area contributed by atoms with Crippen LogP contribution in [-0.4, -0.2) is 45.9 Å². The second-order valence-electron chi connectivity index (χ2n) is 6.28. The molecule has 0 aromatic rings. The topological polar surface area (TPSA) is 78.9 Å². The lowest BCUT2D eigenvalue weighted by atomic mass is 10.2. The predicted molar refractivity (Wildman–Crippen MR) is 68.3 cm³/mol. The Morgan fingerprint density at radius 3 is 2.26 bits per heavy atom. The van der Waals surface area contributed by atoms with E-state index in [4.69, 9.17) is 4.74 Å². The molecule has 0 aromatic heterocycles. The van der Waals surface area contributed by atoms with Crippen LogP contribution in [0.4, 0.5) is 4.79 Å². The second kappa shape index (κ2) is 5.00. The van der Waals surface area contributed by atoms with Crippen LogP contribution in [0.3, 0.4) is 0 Å². The number of aliphatic hydroxyl groups excluding tert-OH is 1. The predicted octanol–water partition coefficient (Wildman–Crippen LogP) is 0.983. The van der Waals surface area contributed by atoms with E-state index in [1.807, 2.05) is 0 Å². The van der Waals surface area contributed by atoms with Gasteiger partial charge in [-0.25, -0.2) is 4.79 Å².